The fraction of sp³-hybridized carbons (Fsp3) is 0.200. The molecule has 0 saturated carbocycles. The summed E-state index contributed by atoms with van der Waals surface area (Å²) in [5.41, 5.74) is 4.06. The Labute approximate surface area is 201 Å². The summed E-state index contributed by atoms with van der Waals surface area (Å²) in [4.78, 5) is 7.09. The van der Waals surface area contributed by atoms with E-state index in [1.165, 1.54) is 12.4 Å². The number of benzene rings is 1. The monoisotopic (exact) mass is 469 g/mol. The predicted octanol–water partition coefficient (Wildman–Crippen LogP) is 2.73. The number of morpholine rings is 1. The molecular weight excluding hydrogens is 446 g/mol. The molecule has 10 nitrogen and oxygen atoms in total. The van der Waals surface area contributed by atoms with Crippen LogP contribution in [0.3, 0.4) is 0 Å². The van der Waals surface area contributed by atoms with Gasteiger partial charge >= 0.3 is 0 Å². The lowest BCUT2D eigenvalue weighted by atomic mass is 10.1. The van der Waals surface area contributed by atoms with Crippen LogP contribution in [-0.2, 0) is 4.74 Å². The summed E-state index contributed by atoms with van der Waals surface area (Å²) in [6, 6.07) is 17.2. The molecule has 4 aromatic heterocycles. The van der Waals surface area contributed by atoms with E-state index in [4.69, 9.17) is 24.7 Å². The molecule has 10 heteroatoms. The Morgan fingerprint density at radius 1 is 0.943 bits per heavy atom. The fourth-order valence-corrected chi connectivity index (χ4v) is 4.19. The van der Waals surface area contributed by atoms with Gasteiger partial charge in [0, 0.05) is 54.7 Å². The molecule has 0 unspecified atom stereocenters. The molecule has 6 rings (SSSR count). The molecule has 35 heavy (non-hydrogen) atoms. The van der Waals surface area contributed by atoms with Gasteiger partial charge in [0.25, 0.3) is 0 Å². The lowest BCUT2D eigenvalue weighted by molar-refractivity contribution is -0.605. The number of pyridine rings is 1. The summed E-state index contributed by atoms with van der Waals surface area (Å²) in [7, 11) is 1.65. The van der Waals surface area contributed by atoms with Crippen molar-refractivity contribution in [1.82, 2.24) is 24.4 Å². The topological polar surface area (TPSA) is 96.7 Å². The zero-order chi connectivity index (χ0) is 23.8. The normalized spacial score (nSPS) is 13.9. The largest absolute Gasteiger partial charge is 0.619 e. The van der Waals surface area contributed by atoms with Crippen LogP contribution >= 0.6 is 0 Å². The zero-order valence-corrected chi connectivity index (χ0v) is 19.1. The van der Waals surface area contributed by atoms with Crippen LogP contribution in [0.2, 0.25) is 0 Å². The quantitative estimate of drug-likeness (QED) is 0.288. The maximum Gasteiger partial charge on any atom is 0.181 e. The minimum Gasteiger partial charge on any atom is -0.619 e. The van der Waals surface area contributed by atoms with Crippen molar-refractivity contribution >= 4 is 11.5 Å². The Bertz CT molecular complexity index is 1490. The summed E-state index contributed by atoms with van der Waals surface area (Å²) >= 11 is 0. The molecule has 1 aromatic carbocycles. The number of ether oxygens (including phenoxy) is 2. The highest BCUT2D eigenvalue weighted by Crippen LogP contribution is 2.27. The van der Waals surface area contributed by atoms with E-state index in [0.29, 0.717) is 24.7 Å². The number of anilines is 1. The SMILES string of the molecule is COc1cccc(-c2ccn(-c3cc(N4CCOCC4)n4nc(-c5cc[n+]([O-])cc5)cc4n3)n2)c1. The summed E-state index contributed by atoms with van der Waals surface area (Å²) in [5.74, 6) is 2.37. The lowest BCUT2D eigenvalue weighted by Gasteiger charge is -2.29. The zero-order valence-electron chi connectivity index (χ0n) is 19.1. The first-order valence-electron chi connectivity index (χ1n) is 11.3. The number of aromatic nitrogens is 6. The molecule has 1 aliphatic rings. The van der Waals surface area contributed by atoms with E-state index < -0.39 is 0 Å². The van der Waals surface area contributed by atoms with Gasteiger partial charge in [0.2, 0.25) is 0 Å². The van der Waals surface area contributed by atoms with Crippen LogP contribution in [0.5, 0.6) is 5.75 Å². The Kier molecular flexibility index (Phi) is 5.27. The van der Waals surface area contributed by atoms with E-state index in [-0.39, 0.29) is 0 Å². The van der Waals surface area contributed by atoms with Crippen molar-refractivity contribution in [1.29, 1.82) is 0 Å². The smallest absolute Gasteiger partial charge is 0.181 e. The van der Waals surface area contributed by atoms with Gasteiger partial charge in [0.05, 0.1) is 31.7 Å². The fourth-order valence-electron chi connectivity index (χ4n) is 4.19. The van der Waals surface area contributed by atoms with Crippen molar-refractivity contribution in [2.75, 3.05) is 38.3 Å². The van der Waals surface area contributed by atoms with Crippen molar-refractivity contribution in [3.63, 3.8) is 0 Å². The van der Waals surface area contributed by atoms with Gasteiger partial charge in [-0.15, -0.1) is 0 Å². The van der Waals surface area contributed by atoms with E-state index in [1.54, 1.807) is 23.9 Å². The molecule has 0 radical (unpaired) electrons. The van der Waals surface area contributed by atoms with Gasteiger partial charge in [-0.25, -0.2) is 9.67 Å². The number of rotatable bonds is 5. The van der Waals surface area contributed by atoms with Crippen LogP contribution < -0.4 is 14.4 Å². The molecule has 5 heterocycles. The first-order chi connectivity index (χ1) is 17.2. The van der Waals surface area contributed by atoms with Crippen LogP contribution in [-0.4, -0.2) is 57.8 Å². The van der Waals surface area contributed by atoms with Gasteiger partial charge in [-0.1, -0.05) is 12.1 Å². The highest BCUT2D eigenvalue weighted by Gasteiger charge is 2.19. The minimum atomic E-state index is 0.650. The maximum atomic E-state index is 11.5. The summed E-state index contributed by atoms with van der Waals surface area (Å²) < 4.78 is 15.3. The number of hydrogen-bond acceptors (Lipinski definition) is 7. The van der Waals surface area contributed by atoms with Gasteiger partial charge in [-0.2, -0.15) is 19.4 Å². The van der Waals surface area contributed by atoms with Crippen molar-refractivity contribution in [2.24, 2.45) is 0 Å². The van der Waals surface area contributed by atoms with Crippen LogP contribution in [0.1, 0.15) is 0 Å². The minimum absolute atomic E-state index is 0.650. The van der Waals surface area contributed by atoms with Crippen LogP contribution in [0, 0.1) is 5.21 Å². The third-order valence-electron chi connectivity index (χ3n) is 6.02. The highest BCUT2D eigenvalue weighted by molar-refractivity contribution is 5.67. The molecule has 5 aromatic rings. The highest BCUT2D eigenvalue weighted by atomic mass is 16.5. The second kappa shape index (κ2) is 8.73. The molecule has 0 bridgehead atoms. The lowest BCUT2D eigenvalue weighted by Crippen LogP contribution is -2.37. The number of hydrogen-bond donors (Lipinski definition) is 0. The van der Waals surface area contributed by atoms with Crippen LogP contribution in [0.4, 0.5) is 5.82 Å². The van der Waals surface area contributed by atoms with Crippen LogP contribution in [0.15, 0.2) is 73.2 Å². The third-order valence-corrected chi connectivity index (χ3v) is 6.02. The van der Waals surface area contributed by atoms with Crippen molar-refractivity contribution < 1.29 is 14.2 Å². The standard InChI is InChI=1S/C25H23N7O3/c1-34-20-4-2-3-19(15-20)21-7-10-31(27-21)23-17-25(29-11-13-35-14-12-29)32-24(26-23)16-22(28-32)18-5-8-30(33)9-6-18/h2-10,15-17H,11-14H2,1H3. The molecule has 1 aliphatic heterocycles. The van der Waals surface area contributed by atoms with Gasteiger partial charge < -0.3 is 19.6 Å². The first kappa shape index (κ1) is 21.1. The summed E-state index contributed by atoms with van der Waals surface area (Å²) in [6.07, 6.45) is 4.83. The Morgan fingerprint density at radius 2 is 1.77 bits per heavy atom. The number of methoxy groups -OCH3 is 1. The van der Waals surface area contributed by atoms with Gasteiger partial charge in [0.1, 0.15) is 11.6 Å². The Balaban J connectivity index is 1.45. The number of nitrogens with zero attached hydrogens (tertiary/aromatic N) is 7. The summed E-state index contributed by atoms with van der Waals surface area (Å²) in [5, 5.41) is 21.1. The van der Waals surface area contributed by atoms with Gasteiger partial charge in [-0.3, -0.25) is 0 Å². The number of fused-ring (bicyclic) bond motifs is 1. The molecule has 1 fully saturated rings. The average Bonchev–Trinajstić information content (AvgIpc) is 3.57. The van der Waals surface area contributed by atoms with Gasteiger partial charge in [0.15, 0.2) is 23.9 Å². The van der Waals surface area contributed by atoms with E-state index in [2.05, 4.69) is 4.90 Å². The molecular formula is C25H23N7O3. The average molecular weight is 470 g/mol. The van der Waals surface area contributed by atoms with Crippen LogP contribution in [0.25, 0.3) is 34.0 Å². The molecule has 0 N–H and O–H groups in total. The van der Waals surface area contributed by atoms with E-state index in [9.17, 15) is 5.21 Å². The molecule has 0 atom stereocenters. The van der Waals surface area contributed by atoms with Gasteiger partial charge in [-0.05, 0) is 18.2 Å². The van der Waals surface area contributed by atoms with E-state index in [1.807, 2.05) is 53.2 Å². The maximum absolute atomic E-state index is 11.5. The molecule has 0 amide bonds. The van der Waals surface area contributed by atoms with Crippen molar-refractivity contribution in [3.05, 3.63) is 78.4 Å². The van der Waals surface area contributed by atoms with Crippen molar-refractivity contribution in [2.45, 2.75) is 0 Å². The molecule has 176 valence electrons. The first-order valence-corrected chi connectivity index (χ1v) is 11.3. The van der Waals surface area contributed by atoms with Crippen molar-refractivity contribution in [3.8, 4) is 34.1 Å². The predicted molar refractivity (Wildman–Crippen MR) is 130 cm³/mol. The molecule has 1 saturated heterocycles. The second-order valence-electron chi connectivity index (χ2n) is 8.20. The Hall–Kier alpha value is -4.44. The van der Waals surface area contributed by atoms with E-state index in [0.717, 1.165) is 51.9 Å². The summed E-state index contributed by atoms with van der Waals surface area (Å²) in [6.45, 7) is 2.81. The molecule has 0 spiro atoms. The third kappa shape index (κ3) is 4.04. The second-order valence-corrected chi connectivity index (χ2v) is 8.20. The molecule has 0 aliphatic carbocycles. The van der Waals surface area contributed by atoms with E-state index >= 15 is 0 Å². The Morgan fingerprint density at radius 3 is 2.57 bits per heavy atom.